The van der Waals surface area contributed by atoms with Gasteiger partial charge >= 0.3 is 0 Å². The zero-order chi connectivity index (χ0) is 21.3. The van der Waals surface area contributed by atoms with E-state index in [1.165, 1.54) is 0 Å². The van der Waals surface area contributed by atoms with Crippen LogP contribution in [0.5, 0.6) is 0 Å². The highest BCUT2D eigenvalue weighted by Crippen LogP contribution is 2.38. The van der Waals surface area contributed by atoms with Gasteiger partial charge in [-0.15, -0.1) is 0 Å². The van der Waals surface area contributed by atoms with Gasteiger partial charge in [0.1, 0.15) is 5.65 Å². The summed E-state index contributed by atoms with van der Waals surface area (Å²) in [5, 5.41) is 9.95. The fourth-order valence-electron chi connectivity index (χ4n) is 5.00. The third kappa shape index (κ3) is 2.68. The van der Waals surface area contributed by atoms with Crippen LogP contribution in [0.3, 0.4) is 0 Å². The van der Waals surface area contributed by atoms with Crippen molar-refractivity contribution in [2.75, 3.05) is 31.1 Å². The van der Waals surface area contributed by atoms with Gasteiger partial charge in [-0.1, -0.05) is 17.7 Å². The van der Waals surface area contributed by atoms with E-state index >= 15 is 0 Å². The summed E-state index contributed by atoms with van der Waals surface area (Å²) in [5.41, 5.74) is 3.29. The number of nitrogens with one attached hydrogen (secondary N) is 2. The van der Waals surface area contributed by atoms with Crippen LogP contribution in [0.15, 0.2) is 29.3 Å². The quantitative estimate of drug-likeness (QED) is 0.515. The molecule has 2 fully saturated rings. The molecule has 0 radical (unpaired) electrons. The number of H-pyrrole nitrogens is 1. The normalized spacial score (nSPS) is 17.8. The molecule has 8 nitrogen and oxygen atoms in total. The van der Waals surface area contributed by atoms with Crippen molar-refractivity contribution in [3.05, 3.63) is 39.9 Å². The summed E-state index contributed by atoms with van der Waals surface area (Å²) >= 11 is 6.77. The summed E-state index contributed by atoms with van der Waals surface area (Å²) in [6.07, 6.45) is 4.91. The number of fused-ring (bicyclic) bond motifs is 2. The maximum absolute atomic E-state index is 13.4. The summed E-state index contributed by atoms with van der Waals surface area (Å²) < 4.78 is 3.54. The molecule has 6 rings (SSSR count). The maximum atomic E-state index is 13.4. The predicted molar refractivity (Wildman–Crippen MR) is 123 cm³/mol. The monoisotopic (exact) mass is 437 g/mol. The maximum Gasteiger partial charge on any atom is 0.264 e. The molecule has 4 aromatic rings. The van der Waals surface area contributed by atoms with Crippen LogP contribution in [0.1, 0.15) is 13.3 Å². The average Bonchev–Trinajstić information content (AvgIpc) is 3.46. The van der Waals surface area contributed by atoms with Gasteiger partial charge in [-0.05, 0) is 19.4 Å². The first-order valence-corrected chi connectivity index (χ1v) is 11.1. The number of benzene rings is 1. The number of aromatic nitrogens is 5. The molecule has 160 valence electrons. The summed E-state index contributed by atoms with van der Waals surface area (Å²) in [4.78, 5) is 23.7. The molecule has 5 heterocycles. The largest absolute Gasteiger partial charge is 0.345 e. The third-order valence-corrected chi connectivity index (χ3v) is 7.30. The Hall–Kier alpha value is -2.84. The lowest BCUT2D eigenvalue weighted by Crippen LogP contribution is -2.54. The molecule has 1 aromatic carbocycles. The van der Waals surface area contributed by atoms with Crippen molar-refractivity contribution >= 4 is 39.5 Å². The van der Waals surface area contributed by atoms with Crippen molar-refractivity contribution < 1.29 is 0 Å². The molecule has 0 atom stereocenters. The fraction of sp³-hybridized carbons (Fsp3) is 0.409. The molecule has 3 aromatic heterocycles. The Bertz CT molecular complexity index is 1390. The summed E-state index contributed by atoms with van der Waals surface area (Å²) in [6.45, 7) is 6.75. The van der Waals surface area contributed by atoms with Crippen molar-refractivity contribution in [1.29, 1.82) is 0 Å². The molecule has 1 spiro atoms. The number of halogens is 1. The lowest BCUT2D eigenvalue weighted by Gasteiger charge is -2.39. The molecule has 2 aliphatic rings. The van der Waals surface area contributed by atoms with Crippen LogP contribution in [0.25, 0.3) is 33.1 Å². The second-order valence-corrected chi connectivity index (χ2v) is 9.20. The average molecular weight is 438 g/mol. The molecular formula is C22H24ClN7O. The summed E-state index contributed by atoms with van der Waals surface area (Å²) in [6, 6.07) is 3.88. The number of aromatic amines is 1. The van der Waals surface area contributed by atoms with Crippen LogP contribution in [0.2, 0.25) is 5.02 Å². The first kappa shape index (κ1) is 18.9. The van der Waals surface area contributed by atoms with Crippen LogP contribution in [-0.4, -0.2) is 50.5 Å². The zero-order valence-electron chi connectivity index (χ0n) is 17.6. The van der Waals surface area contributed by atoms with Gasteiger partial charge in [-0.2, -0.15) is 10.1 Å². The summed E-state index contributed by atoms with van der Waals surface area (Å²) in [5.74, 6) is 0.723. The Morgan fingerprint density at radius 2 is 2.10 bits per heavy atom. The van der Waals surface area contributed by atoms with E-state index in [1.54, 1.807) is 11.6 Å². The minimum Gasteiger partial charge on any atom is -0.345 e. The molecule has 0 unspecified atom stereocenters. The SMILES string of the molecule is CCn1cc2c(Cl)c(-c3c[nH]c4nc(N5CCC6(CNC6)C5)n(C)c(=O)c34)ccc2n1. The molecular weight excluding hydrogens is 414 g/mol. The smallest absolute Gasteiger partial charge is 0.264 e. The molecule has 9 heteroatoms. The number of rotatable bonds is 3. The minimum atomic E-state index is -0.0654. The second kappa shape index (κ2) is 6.58. The van der Waals surface area contributed by atoms with E-state index < -0.39 is 0 Å². The van der Waals surface area contributed by atoms with Gasteiger partial charge in [-0.3, -0.25) is 14.0 Å². The highest BCUT2D eigenvalue weighted by Gasteiger charge is 2.44. The Labute approximate surface area is 183 Å². The van der Waals surface area contributed by atoms with Gasteiger partial charge in [-0.25, -0.2) is 0 Å². The molecule has 31 heavy (non-hydrogen) atoms. The molecule has 0 bridgehead atoms. The lowest BCUT2D eigenvalue weighted by atomic mass is 9.81. The standard InChI is InChI=1S/C22H24ClN7O/c1-3-30-9-15-16(27-30)5-4-13(18(15)23)14-8-25-19-17(14)20(31)28(2)21(26-19)29-7-6-22(12-29)10-24-11-22/h4-5,8-9,24-25H,3,6-7,10-12H2,1-2H3. The summed E-state index contributed by atoms with van der Waals surface area (Å²) in [7, 11) is 1.81. The highest BCUT2D eigenvalue weighted by molar-refractivity contribution is 6.38. The van der Waals surface area contributed by atoms with Gasteiger partial charge in [0, 0.05) is 74.1 Å². The molecule has 0 aliphatic carbocycles. The van der Waals surface area contributed by atoms with Crippen molar-refractivity contribution in [2.24, 2.45) is 12.5 Å². The Kier molecular flexibility index (Phi) is 4.01. The Morgan fingerprint density at radius 1 is 1.26 bits per heavy atom. The topological polar surface area (TPSA) is 83.8 Å². The van der Waals surface area contributed by atoms with Crippen LogP contribution in [0, 0.1) is 5.41 Å². The predicted octanol–water partition coefficient (Wildman–Crippen LogP) is 2.75. The highest BCUT2D eigenvalue weighted by atomic mass is 35.5. The Morgan fingerprint density at radius 3 is 2.81 bits per heavy atom. The van der Waals surface area contributed by atoms with E-state index in [-0.39, 0.29) is 5.56 Å². The van der Waals surface area contributed by atoms with Crippen molar-refractivity contribution in [3.63, 3.8) is 0 Å². The van der Waals surface area contributed by atoms with Gasteiger partial charge < -0.3 is 15.2 Å². The lowest BCUT2D eigenvalue weighted by molar-refractivity contribution is 0.199. The van der Waals surface area contributed by atoms with Crippen LogP contribution < -0.4 is 15.8 Å². The van der Waals surface area contributed by atoms with E-state index in [2.05, 4.69) is 20.3 Å². The van der Waals surface area contributed by atoms with Gasteiger partial charge in [0.2, 0.25) is 5.95 Å². The number of hydrogen-bond acceptors (Lipinski definition) is 5. The molecule has 2 N–H and O–H groups in total. The van der Waals surface area contributed by atoms with E-state index in [0.717, 1.165) is 67.1 Å². The fourth-order valence-corrected chi connectivity index (χ4v) is 5.31. The third-order valence-electron chi connectivity index (χ3n) is 6.90. The number of hydrogen-bond donors (Lipinski definition) is 2. The van der Waals surface area contributed by atoms with Crippen molar-refractivity contribution in [3.8, 4) is 11.1 Å². The van der Waals surface area contributed by atoms with Crippen LogP contribution >= 0.6 is 11.6 Å². The van der Waals surface area contributed by atoms with Gasteiger partial charge in [0.05, 0.1) is 15.9 Å². The molecule has 0 saturated carbocycles. The van der Waals surface area contributed by atoms with Crippen molar-refractivity contribution in [2.45, 2.75) is 19.9 Å². The van der Waals surface area contributed by atoms with Gasteiger partial charge in [0.15, 0.2) is 0 Å². The van der Waals surface area contributed by atoms with Gasteiger partial charge in [0.25, 0.3) is 5.56 Å². The minimum absolute atomic E-state index is 0.0654. The first-order chi connectivity index (χ1) is 15.0. The van der Waals surface area contributed by atoms with E-state index in [0.29, 0.717) is 21.5 Å². The van der Waals surface area contributed by atoms with Crippen LogP contribution in [-0.2, 0) is 13.6 Å². The van der Waals surface area contributed by atoms with Crippen LogP contribution in [0.4, 0.5) is 5.95 Å². The van der Waals surface area contributed by atoms with Crippen molar-refractivity contribution in [1.82, 2.24) is 29.6 Å². The van der Waals surface area contributed by atoms with E-state index in [1.807, 2.05) is 36.1 Å². The molecule has 0 amide bonds. The molecule has 2 saturated heterocycles. The van der Waals surface area contributed by atoms with E-state index in [9.17, 15) is 4.79 Å². The first-order valence-electron chi connectivity index (χ1n) is 10.7. The number of anilines is 1. The zero-order valence-corrected chi connectivity index (χ0v) is 18.3. The molecule has 2 aliphatic heterocycles. The number of nitrogens with zero attached hydrogens (tertiary/aromatic N) is 5. The number of aryl methyl sites for hydroxylation is 1. The second-order valence-electron chi connectivity index (χ2n) is 8.82. The van der Waals surface area contributed by atoms with E-state index in [4.69, 9.17) is 16.6 Å². The Balaban J connectivity index is 1.47.